The zero-order chi connectivity index (χ0) is 9.84. The zero-order valence-corrected chi connectivity index (χ0v) is 9.36. The fraction of sp³-hybridized carbons (Fsp3) is 0.200. The Kier molecular flexibility index (Phi) is 3.74. The van der Waals surface area contributed by atoms with Crippen LogP contribution in [0.15, 0.2) is 30.9 Å². The third-order valence-electron chi connectivity index (χ3n) is 1.81. The summed E-state index contributed by atoms with van der Waals surface area (Å²) in [5.41, 5.74) is 6.62. The van der Waals surface area contributed by atoms with Crippen LogP contribution in [0, 0.1) is 3.57 Å². The van der Waals surface area contributed by atoms with E-state index in [0.717, 1.165) is 9.13 Å². The summed E-state index contributed by atoms with van der Waals surface area (Å²) < 4.78 is 1.07. The van der Waals surface area contributed by atoms with Crippen molar-refractivity contribution in [2.24, 2.45) is 5.73 Å². The number of benzene rings is 1. The number of halogens is 1. The maximum absolute atomic E-state index is 9.51. The number of hydrogen-bond donors (Lipinski definition) is 2. The molecule has 0 saturated carbocycles. The third-order valence-corrected chi connectivity index (χ3v) is 2.48. The third kappa shape index (κ3) is 2.70. The van der Waals surface area contributed by atoms with Crippen LogP contribution in [0.25, 0.3) is 0 Å². The van der Waals surface area contributed by atoms with Gasteiger partial charge in [-0.1, -0.05) is 6.08 Å². The van der Waals surface area contributed by atoms with Crippen molar-refractivity contribution in [2.45, 2.75) is 12.5 Å². The molecule has 0 aliphatic heterocycles. The van der Waals surface area contributed by atoms with E-state index in [1.54, 1.807) is 12.1 Å². The number of aromatic hydroxyl groups is 1. The summed E-state index contributed by atoms with van der Waals surface area (Å²) in [4.78, 5) is 0. The lowest BCUT2D eigenvalue weighted by atomic mass is 10.0. The molecule has 3 N–H and O–H groups in total. The molecule has 2 nitrogen and oxygen atoms in total. The molecule has 1 rings (SSSR count). The molecule has 0 amide bonds. The lowest BCUT2D eigenvalue weighted by molar-refractivity contribution is 0.461. The molecule has 0 spiro atoms. The SMILES string of the molecule is C=CC[C@H](N)c1cc(I)ccc1O. The van der Waals surface area contributed by atoms with Gasteiger partial charge < -0.3 is 10.8 Å². The van der Waals surface area contributed by atoms with Gasteiger partial charge in [-0.15, -0.1) is 6.58 Å². The monoisotopic (exact) mass is 289 g/mol. The van der Waals surface area contributed by atoms with Gasteiger partial charge >= 0.3 is 0 Å². The van der Waals surface area contributed by atoms with Gasteiger partial charge in [0.25, 0.3) is 0 Å². The van der Waals surface area contributed by atoms with Crippen LogP contribution in [0.3, 0.4) is 0 Å². The lowest BCUT2D eigenvalue weighted by Crippen LogP contribution is -2.09. The molecular formula is C10H12INO. The van der Waals surface area contributed by atoms with E-state index in [2.05, 4.69) is 29.2 Å². The molecule has 0 heterocycles. The molecule has 1 aromatic carbocycles. The summed E-state index contributed by atoms with van der Waals surface area (Å²) in [6, 6.07) is 5.25. The molecule has 13 heavy (non-hydrogen) atoms. The highest BCUT2D eigenvalue weighted by molar-refractivity contribution is 14.1. The highest BCUT2D eigenvalue weighted by Crippen LogP contribution is 2.26. The molecule has 3 heteroatoms. The second-order valence-electron chi connectivity index (χ2n) is 2.83. The largest absolute Gasteiger partial charge is 0.508 e. The topological polar surface area (TPSA) is 46.2 Å². The van der Waals surface area contributed by atoms with E-state index in [9.17, 15) is 5.11 Å². The molecule has 0 unspecified atom stereocenters. The van der Waals surface area contributed by atoms with Crippen molar-refractivity contribution in [3.63, 3.8) is 0 Å². The molecule has 1 aromatic rings. The predicted octanol–water partition coefficient (Wildman–Crippen LogP) is 2.57. The quantitative estimate of drug-likeness (QED) is 0.663. The van der Waals surface area contributed by atoms with Crippen LogP contribution in [0.2, 0.25) is 0 Å². The van der Waals surface area contributed by atoms with E-state index < -0.39 is 0 Å². The first-order valence-electron chi connectivity index (χ1n) is 4.00. The van der Waals surface area contributed by atoms with Crippen LogP contribution in [0.1, 0.15) is 18.0 Å². The average molecular weight is 289 g/mol. The van der Waals surface area contributed by atoms with E-state index in [1.807, 2.05) is 12.1 Å². The number of phenolic OH excluding ortho intramolecular Hbond substituents is 1. The van der Waals surface area contributed by atoms with Crippen LogP contribution >= 0.6 is 22.6 Å². The fourth-order valence-corrected chi connectivity index (χ4v) is 1.64. The van der Waals surface area contributed by atoms with Crippen molar-refractivity contribution in [3.8, 4) is 5.75 Å². The molecule has 1 atom stereocenters. The normalized spacial score (nSPS) is 12.5. The van der Waals surface area contributed by atoms with Gasteiger partial charge in [0, 0.05) is 15.2 Å². The Morgan fingerprint density at radius 1 is 1.62 bits per heavy atom. The standard InChI is InChI=1S/C10H12INO/c1-2-3-9(12)8-6-7(11)4-5-10(8)13/h2,4-6,9,13H,1,3,12H2/t9-/m0/s1. The number of hydrogen-bond acceptors (Lipinski definition) is 2. The van der Waals surface area contributed by atoms with Crippen molar-refractivity contribution >= 4 is 22.6 Å². The first kappa shape index (κ1) is 10.5. The van der Waals surface area contributed by atoms with Crippen LogP contribution < -0.4 is 5.73 Å². The minimum atomic E-state index is -0.160. The Balaban J connectivity index is 2.97. The molecule has 0 radical (unpaired) electrons. The summed E-state index contributed by atoms with van der Waals surface area (Å²) in [6.07, 6.45) is 2.43. The summed E-state index contributed by atoms with van der Waals surface area (Å²) in [5.74, 6) is 0.259. The average Bonchev–Trinajstić information content (AvgIpc) is 2.09. The van der Waals surface area contributed by atoms with Crippen LogP contribution in [-0.4, -0.2) is 5.11 Å². The maximum atomic E-state index is 9.51. The molecule has 0 aliphatic rings. The molecular weight excluding hydrogens is 277 g/mol. The van der Waals surface area contributed by atoms with Gasteiger partial charge in [-0.3, -0.25) is 0 Å². The summed E-state index contributed by atoms with van der Waals surface area (Å²) in [6.45, 7) is 3.61. The van der Waals surface area contributed by atoms with Gasteiger partial charge in [0.1, 0.15) is 5.75 Å². The number of rotatable bonds is 3. The van der Waals surface area contributed by atoms with Crippen LogP contribution in [0.4, 0.5) is 0 Å². The van der Waals surface area contributed by atoms with E-state index in [1.165, 1.54) is 0 Å². The van der Waals surface area contributed by atoms with Gasteiger partial charge in [0.2, 0.25) is 0 Å². The first-order chi connectivity index (χ1) is 6.15. The molecule has 0 saturated heterocycles. The van der Waals surface area contributed by atoms with E-state index >= 15 is 0 Å². The van der Waals surface area contributed by atoms with Crippen LogP contribution in [0.5, 0.6) is 5.75 Å². The zero-order valence-electron chi connectivity index (χ0n) is 7.20. The Morgan fingerprint density at radius 3 is 2.92 bits per heavy atom. The summed E-state index contributed by atoms with van der Waals surface area (Å²) in [5, 5.41) is 9.51. The van der Waals surface area contributed by atoms with Crippen molar-refractivity contribution in [1.29, 1.82) is 0 Å². The molecule has 0 fully saturated rings. The second kappa shape index (κ2) is 4.62. The summed E-state index contributed by atoms with van der Waals surface area (Å²) >= 11 is 2.19. The van der Waals surface area contributed by atoms with Gasteiger partial charge in [0.15, 0.2) is 0 Å². The minimum absolute atomic E-state index is 0.160. The molecule has 0 aliphatic carbocycles. The van der Waals surface area contributed by atoms with Crippen molar-refractivity contribution in [3.05, 3.63) is 40.0 Å². The van der Waals surface area contributed by atoms with Gasteiger partial charge in [-0.05, 0) is 47.2 Å². The lowest BCUT2D eigenvalue weighted by Gasteiger charge is -2.11. The molecule has 0 aromatic heterocycles. The van der Waals surface area contributed by atoms with E-state index in [-0.39, 0.29) is 11.8 Å². The first-order valence-corrected chi connectivity index (χ1v) is 5.08. The molecule has 70 valence electrons. The smallest absolute Gasteiger partial charge is 0.120 e. The second-order valence-corrected chi connectivity index (χ2v) is 4.08. The van der Waals surface area contributed by atoms with Gasteiger partial charge in [-0.2, -0.15) is 0 Å². The summed E-state index contributed by atoms with van der Waals surface area (Å²) in [7, 11) is 0. The van der Waals surface area contributed by atoms with Crippen molar-refractivity contribution < 1.29 is 5.11 Å². The molecule has 0 bridgehead atoms. The Bertz CT molecular complexity index is 312. The minimum Gasteiger partial charge on any atom is -0.508 e. The Morgan fingerprint density at radius 2 is 2.31 bits per heavy atom. The Labute approximate surface area is 91.6 Å². The van der Waals surface area contributed by atoms with Crippen molar-refractivity contribution in [1.82, 2.24) is 0 Å². The number of phenols is 1. The number of nitrogens with two attached hydrogens (primary N) is 1. The highest BCUT2D eigenvalue weighted by Gasteiger charge is 2.09. The Hall–Kier alpha value is -0.550. The van der Waals surface area contributed by atoms with E-state index in [4.69, 9.17) is 5.73 Å². The fourth-order valence-electron chi connectivity index (χ4n) is 1.13. The maximum Gasteiger partial charge on any atom is 0.120 e. The van der Waals surface area contributed by atoms with E-state index in [0.29, 0.717) is 6.42 Å². The highest BCUT2D eigenvalue weighted by atomic mass is 127. The van der Waals surface area contributed by atoms with Gasteiger partial charge in [0.05, 0.1) is 0 Å². The van der Waals surface area contributed by atoms with Crippen molar-refractivity contribution in [2.75, 3.05) is 0 Å². The van der Waals surface area contributed by atoms with Crippen LogP contribution in [-0.2, 0) is 0 Å². The van der Waals surface area contributed by atoms with Gasteiger partial charge in [-0.25, -0.2) is 0 Å². The predicted molar refractivity (Wildman–Crippen MR) is 62.6 cm³/mol.